The fourth-order valence-electron chi connectivity index (χ4n) is 1.25. The molecule has 0 aromatic heterocycles. The zero-order chi connectivity index (χ0) is 9.90. The summed E-state index contributed by atoms with van der Waals surface area (Å²) in [5, 5.41) is 0. The summed E-state index contributed by atoms with van der Waals surface area (Å²) >= 11 is 3.77. The van der Waals surface area contributed by atoms with Crippen molar-refractivity contribution in [3.8, 4) is 0 Å². The van der Waals surface area contributed by atoms with E-state index in [9.17, 15) is 0 Å². The van der Waals surface area contributed by atoms with Crippen LogP contribution in [0.5, 0.6) is 0 Å². The first-order valence-electron chi connectivity index (χ1n) is 4.77. The highest BCUT2D eigenvalue weighted by Gasteiger charge is 2.26. The zero-order valence-electron chi connectivity index (χ0n) is 8.55. The Morgan fingerprint density at radius 1 is 1.23 bits per heavy atom. The van der Waals surface area contributed by atoms with Crippen LogP contribution in [-0.4, -0.2) is 0 Å². The maximum absolute atomic E-state index is 3.77. The van der Waals surface area contributed by atoms with Crippen molar-refractivity contribution in [2.45, 2.75) is 32.0 Å². The Morgan fingerprint density at radius 2 is 1.77 bits per heavy atom. The first-order valence-corrected chi connectivity index (χ1v) is 5.68. The van der Waals surface area contributed by atoms with Crippen molar-refractivity contribution in [2.24, 2.45) is 5.41 Å². The Bertz CT molecular complexity index is 251. The number of alkyl halides is 1. The average molecular weight is 241 g/mol. The van der Waals surface area contributed by atoms with E-state index in [-0.39, 0.29) is 0 Å². The Balaban J connectivity index is 2.85. The van der Waals surface area contributed by atoms with Crippen molar-refractivity contribution in [1.29, 1.82) is 0 Å². The lowest BCUT2D eigenvalue weighted by molar-refractivity contribution is 0.346. The van der Waals surface area contributed by atoms with Crippen LogP contribution in [0.2, 0.25) is 0 Å². The predicted octanol–water partition coefficient (Wildman–Crippen LogP) is 4.56. The molecule has 72 valence electrons. The number of rotatable bonds is 3. The molecule has 0 aliphatic heterocycles. The van der Waals surface area contributed by atoms with E-state index in [1.165, 1.54) is 12.0 Å². The van der Waals surface area contributed by atoms with Crippen molar-refractivity contribution >= 4 is 15.9 Å². The molecule has 1 heteroatoms. The minimum atomic E-state index is 0.321. The number of hydrogen-bond acceptors (Lipinski definition) is 0. The van der Waals surface area contributed by atoms with Gasteiger partial charge in [0.25, 0.3) is 0 Å². The topological polar surface area (TPSA) is 0 Å². The summed E-state index contributed by atoms with van der Waals surface area (Å²) in [5.41, 5.74) is 1.69. The molecule has 0 saturated heterocycles. The molecule has 0 aliphatic carbocycles. The molecule has 0 N–H and O–H groups in total. The molecule has 1 unspecified atom stereocenters. The highest BCUT2D eigenvalue weighted by atomic mass is 79.9. The van der Waals surface area contributed by atoms with Crippen LogP contribution in [0.25, 0.3) is 0 Å². The number of hydrogen-bond donors (Lipinski definition) is 0. The van der Waals surface area contributed by atoms with Crippen molar-refractivity contribution in [3.05, 3.63) is 35.9 Å². The predicted molar refractivity (Wildman–Crippen MR) is 62.2 cm³/mol. The first-order chi connectivity index (χ1) is 6.08. The summed E-state index contributed by atoms with van der Waals surface area (Å²) in [6, 6.07) is 10.6. The van der Waals surface area contributed by atoms with Gasteiger partial charge in [-0.2, -0.15) is 0 Å². The van der Waals surface area contributed by atoms with E-state index in [0.717, 1.165) is 0 Å². The molecular formula is C12H17Br. The minimum absolute atomic E-state index is 0.321. The zero-order valence-corrected chi connectivity index (χ0v) is 10.1. The lowest BCUT2D eigenvalue weighted by Gasteiger charge is -2.29. The van der Waals surface area contributed by atoms with Gasteiger partial charge in [0.1, 0.15) is 0 Å². The Morgan fingerprint density at radius 3 is 2.23 bits per heavy atom. The lowest BCUT2D eigenvalue weighted by Crippen LogP contribution is -2.16. The molecule has 0 heterocycles. The molecule has 0 aliphatic rings. The van der Waals surface area contributed by atoms with Crippen molar-refractivity contribution in [3.63, 3.8) is 0 Å². The van der Waals surface area contributed by atoms with Crippen LogP contribution < -0.4 is 0 Å². The van der Waals surface area contributed by atoms with Gasteiger partial charge in [-0.3, -0.25) is 0 Å². The molecule has 0 amide bonds. The summed E-state index contributed by atoms with van der Waals surface area (Å²) in [6.07, 6.45) is 1.18. The van der Waals surface area contributed by atoms with E-state index in [1.54, 1.807) is 0 Å². The standard InChI is InChI=1S/C12H17Br/c1-4-12(2,3)11(13)10-8-6-5-7-9-10/h5-9,11H,4H2,1-3H3. The number of halogens is 1. The molecule has 0 radical (unpaired) electrons. The monoisotopic (exact) mass is 240 g/mol. The Hall–Kier alpha value is -0.300. The van der Waals surface area contributed by atoms with Crippen LogP contribution in [0, 0.1) is 5.41 Å². The van der Waals surface area contributed by atoms with Gasteiger partial charge in [0, 0.05) is 4.83 Å². The summed E-state index contributed by atoms with van der Waals surface area (Å²) in [5.74, 6) is 0. The molecule has 0 fully saturated rings. The van der Waals surface area contributed by atoms with E-state index in [1.807, 2.05) is 0 Å². The van der Waals surface area contributed by atoms with E-state index in [4.69, 9.17) is 0 Å². The van der Waals surface area contributed by atoms with Gasteiger partial charge in [0.2, 0.25) is 0 Å². The van der Waals surface area contributed by atoms with Crippen LogP contribution in [0.15, 0.2) is 30.3 Å². The molecule has 1 aromatic rings. The van der Waals surface area contributed by atoms with Crippen LogP contribution in [0.3, 0.4) is 0 Å². The second kappa shape index (κ2) is 4.28. The first kappa shape index (κ1) is 10.8. The fourth-order valence-corrected chi connectivity index (χ4v) is 1.88. The van der Waals surface area contributed by atoms with Crippen LogP contribution in [0.1, 0.15) is 37.6 Å². The summed E-state index contributed by atoms with van der Waals surface area (Å²) in [4.78, 5) is 0.450. The van der Waals surface area contributed by atoms with Gasteiger partial charge in [-0.1, -0.05) is 67.0 Å². The van der Waals surface area contributed by atoms with Crippen molar-refractivity contribution in [1.82, 2.24) is 0 Å². The van der Waals surface area contributed by atoms with Gasteiger partial charge < -0.3 is 0 Å². The largest absolute Gasteiger partial charge is 0.0833 e. The van der Waals surface area contributed by atoms with E-state index in [2.05, 4.69) is 67.0 Å². The highest BCUT2D eigenvalue weighted by molar-refractivity contribution is 9.09. The van der Waals surface area contributed by atoms with Gasteiger partial charge >= 0.3 is 0 Å². The molecular weight excluding hydrogens is 224 g/mol. The normalized spacial score (nSPS) is 14.2. The summed E-state index contributed by atoms with van der Waals surface area (Å²) in [6.45, 7) is 6.82. The van der Waals surface area contributed by atoms with Crippen molar-refractivity contribution < 1.29 is 0 Å². The van der Waals surface area contributed by atoms with Crippen LogP contribution in [0.4, 0.5) is 0 Å². The van der Waals surface area contributed by atoms with Gasteiger partial charge in [0.15, 0.2) is 0 Å². The molecule has 13 heavy (non-hydrogen) atoms. The SMILES string of the molecule is CCC(C)(C)C(Br)c1ccccc1. The van der Waals surface area contributed by atoms with E-state index < -0.39 is 0 Å². The van der Waals surface area contributed by atoms with Gasteiger partial charge in [0.05, 0.1) is 0 Å². The average Bonchev–Trinajstić information content (AvgIpc) is 2.18. The van der Waals surface area contributed by atoms with Gasteiger partial charge in [-0.05, 0) is 17.4 Å². The minimum Gasteiger partial charge on any atom is -0.0833 e. The van der Waals surface area contributed by atoms with Crippen LogP contribution >= 0.6 is 15.9 Å². The fraction of sp³-hybridized carbons (Fsp3) is 0.500. The summed E-state index contributed by atoms with van der Waals surface area (Å²) in [7, 11) is 0. The third-order valence-corrected chi connectivity index (χ3v) is 4.46. The third kappa shape index (κ3) is 2.57. The molecule has 1 rings (SSSR count). The second-order valence-corrected chi connectivity index (χ2v) is 5.03. The van der Waals surface area contributed by atoms with Gasteiger partial charge in [-0.25, -0.2) is 0 Å². The maximum Gasteiger partial charge on any atom is 0.0446 e. The molecule has 0 saturated carbocycles. The van der Waals surface area contributed by atoms with Crippen molar-refractivity contribution in [2.75, 3.05) is 0 Å². The second-order valence-electron chi connectivity index (χ2n) is 4.12. The maximum atomic E-state index is 3.77. The smallest absolute Gasteiger partial charge is 0.0446 e. The summed E-state index contributed by atoms with van der Waals surface area (Å²) < 4.78 is 0. The van der Waals surface area contributed by atoms with E-state index >= 15 is 0 Å². The molecule has 0 spiro atoms. The van der Waals surface area contributed by atoms with Gasteiger partial charge in [-0.15, -0.1) is 0 Å². The van der Waals surface area contributed by atoms with Crippen LogP contribution in [-0.2, 0) is 0 Å². The van der Waals surface area contributed by atoms with E-state index in [0.29, 0.717) is 10.2 Å². The lowest BCUT2D eigenvalue weighted by atomic mass is 9.83. The Labute approximate surface area is 89.5 Å². The molecule has 1 atom stereocenters. The quantitative estimate of drug-likeness (QED) is 0.680. The molecule has 0 bridgehead atoms. The Kier molecular flexibility index (Phi) is 3.55. The highest BCUT2D eigenvalue weighted by Crippen LogP contribution is 2.42. The molecule has 1 aromatic carbocycles. The molecule has 0 nitrogen and oxygen atoms in total. The number of benzene rings is 1. The third-order valence-electron chi connectivity index (χ3n) is 2.69.